The Morgan fingerprint density at radius 3 is 2.63 bits per heavy atom. The summed E-state index contributed by atoms with van der Waals surface area (Å²) in [4.78, 5) is 14.9. The molecule has 3 heteroatoms. The second-order valence-electron chi connectivity index (χ2n) is 5.63. The molecule has 0 spiro atoms. The Bertz CT molecular complexity index is 450. The Labute approximate surface area is 116 Å². The average molecular weight is 260 g/mol. The lowest BCUT2D eigenvalue weighted by Crippen LogP contribution is -2.45. The minimum Gasteiger partial charge on any atom is -0.314 e. The summed E-state index contributed by atoms with van der Waals surface area (Å²) >= 11 is 0. The predicted octanol–water partition coefficient (Wildman–Crippen LogP) is 2.03. The van der Waals surface area contributed by atoms with Gasteiger partial charge in [-0.15, -0.1) is 0 Å². The zero-order chi connectivity index (χ0) is 13.8. The smallest absolute Gasteiger partial charge is 0.167 e. The second kappa shape index (κ2) is 6.31. The molecule has 1 fully saturated rings. The highest BCUT2D eigenvalue weighted by Crippen LogP contribution is 2.16. The van der Waals surface area contributed by atoms with Gasteiger partial charge in [0, 0.05) is 44.2 Å². The molecule has 1 aliphatic rings. The molecule has 0 aliphatic carbocycles. The number of rotatable bonds is 4. The highest BCUT2D eigenvalue weighted by molar-refractivity contribution is 5.99. The van der Waals surface area contributed by atoms with Gasteiger partial charge in [0.15, 0.2) is 5.78 Å². The van der Waals surface area contributed by atoms with Crippen LogP contribution in [0, 0.1) is 19.8 Å². The number of carbonyl (C=O) groups excluding carboxylic acids is 1. The van der Waals surface area contributed by atoms with E-state index in [1.807, 2.05) is 26.0 Å². The third-order valence-electron chi connectivity index (χ3n) is 3.84. The fraction of sp³-hybridized carbons (Fsp3) is 0.562. The van der Waals surface area contributed by atoms with Gasteiger partial charge in [-0.1, -0.05) is 30.7 Å². The van der Waals surface area contributed by atoms with Gasteiger partial charge in [0.2, 0.25) is 0 Å². The van der Waals surface area contributed by atoms with Gasteiger partial charge in [-0.2, -0.15) is 0 Å². The molecule has 0 saturated carbocycles. The van der Waals surface area contributed by atoms with Crippen LogP contribution in [0.2, 0.25) is 0 Å². The molecule has 0 aromatic heterocycles. The SMILES string of the molecule is Cc1ccc(C(=O)C(C)CN2CCNCC2)c(C)c1. The minimum absolute atomic E-state index is 0.0690. The van der Waals surface area contributed by atoms with E-state index < -0.39 is 0 Å². The highest BCUT2D eigenvalue weighted by atomic mass is 16.1. The molecule has 0 radical (unpaired) electrons. The molecule has 0 amide bonds. The lowest BCUT2D eigenvalue weighted by molar-refractivity contribution is 0.0887. The Kier molecular flexibility index (Phi) is 4.72. The second-order valence-corrected chi connectivity index (χ2v) is 5.63. The number of piperazine rings is 1. The van der Waals surface area contributed by atoms with Gasteiger partial charge in [0.05, 0.1) is 0 Å². The number of aryl methyl sites for hydroxylation is 2. The van der Waals surface area contributed by atoms with Crippen LogP contribution >= 0.6 is 0 Å². The minimum atomic E-state index is 0.0690. The molecule has 0 bridgehead atoms. The number of carbonyl (C=O) groups is 1. The van der Waals surface area contributed by atoms with Crippen LogP contribution < -0.4 is 5.32 Å². The maximum absolute atomic E-state index is 12.5. The van der Waals surface area contributed by atoms with Crippen molar-refractivity contribution in [3.63, 3.8) is 0 Å². The zero-order valence-electron chi connectivity index (χ0n) is 12.2. The van der Waals surface area contributed by atoms with Crippen LogP contribution in [0.25, 0.3) is 0 Å². The maximum atomic E-state index is 12.5. The first kappa shape index (κ1) is 14.2. The van der Waals surface area contributed by atoms with Gasteiger partial charge in [-0.05, 0) is 19.4 Å². The van der Waals surface area contributed by atoms with Crippen LogP contribution in [0.15, 0.2) is 18.2 Å². The van der Waals surface area contributed by atoms with Crippen LogP contribution in [0.3, 0.4) is 0 Å². The summed E-state index contributed by atoms with van der Waals surface area (Å²) in [6.07, 6.45) is 0. The molecule has 19 heavy (non-hydrogen) atoms. The zero-order valence-corrected chi connectivity index (χ0v) is 12.2. The van der Waals surface area contributed by atoms with Crippen molar-refractivity contribution in [1.82, 2.24) is 10.2 Å². The van der Waals surface area contributed by atoms with Gasteiger partial charge < -0.3 is 10.2 Å². The van der Waals surface area contributed by atoms with Crippen molar-refractivity contribution in [2.75, 3.05) is 32.7 Å². The number of ketones is 1. The molecule has 1 aliphatic heterocycles. The standard InChI is InChI=1S/C16H24N2O/c1-12-4-5-15(13(2)10-12)16(19)14(3)11-18-8-6-17-7-9-18/h4-5,10,14,17H,6-9,11H2,1-3H3. The number of benzene rings is 1. The van der Waals surface area contributed by atoms with Gasteiger partial charge in [0.1, 0.15) is 0 Å². The van der Waals surface area contributed by atoms with Gasteiger partial charge in [-0.25, -0.2) is 0 Å². The average Bonchev–Trinajstić information content (AvgIpc) is 2.39. The van der Waals surface area contributed by atoms with Gasteiger partial charge in [-0.3, -0.25) is 4.79 Å². The third-order valence-corrected chi connectivity index (χ3v) is 3.84. The van der Waals surface area contributed by atoms with Crippen molar-refractivity contribution in [3.8, 4) is 0 Å². The predicted molar refractivity (Wildman–Crippen MR) is 78.7 cm³/mol. The van der Waals surface area contributed by atoms with Crippen molar-refractivity contribution < 1.29 is 4.79 Å². The summed E-state index contributed by atoms with van der Waals surface area (Å²) in [5, 5.41) is 3.34. The fourth-order valence-corrected chi connectivity index (χ4v) is 2.72. The molecular formula is C16H24N2O. The van der Waals surface area contributed by atoms with Crippen molar-refractivity contribution in [1.29, 1.82) is 0 Å². The normalized spacial score (nSPS) is 18.3. The molecule has 1 saturated heterocycles. The van der Waals surface area contributed by atoms with E-state index in [0.29, 0.717) is 0 Å². The van der Waals surface area contributed by atoms with E-state index in [2.05, 4.69) is 23.2 Å². The first-order chi connectivity index (χ1) is 9.08. The molecule has 1 N–H and O–H groups in total. The summed E-state index contributed by atoms with van der Waals surface area (Å²) in [5.74, 6) is 0.343. The number of nitrogens with zero attached hydrogens (tertiary/aromatic N) is 1. The lowest BCUT2D eigenvalue weighted by Gasteiger charge is -2.29. The Morgan fingerprint density at radius 2 is 2.00 bits per heavy atom. The van der Waals surface area contributed by atoms with Crippen molar-refractivity contribution in [3.05, 3.63) is 34.9 Å². The molecule has 104 valence electrons. The molecule has 2 rings (SSSR count). The third kappa shape index (κ3) is 3.64. The molecule has 1 aromatic rings. The Morgan fingerprint density at radius 1 is 1.32 bits per heavy atom. The number of Topliss-reactive ketones (excluding diaryl/α,β-unsaturated/α-hetero) is 1. The number of hydrogen-bond donors (Lipinski definition) is 1. The summed E-state index contributed by atoms with van der Waals surface area (Å²) in [5.41, 5.74) is 3.19. The van der Waals surface area contributed by atoms with E-state index in [4.69, 9.17) is 0 Å². The first-order valence-electron chi connectivity index (χ1n) is 7.12. The van der Waals surface area contributed by atoms with E-state index in [1.54, 1.807) is 0 Å². The number of nitrogens with one attached hydrogen (secondary N) is 1. The monoisotopic (exact) mass is 260 g/mol. The van der Waals surface area contributed by atoms with E-state index in [0.717, 1.165) is 43.9 Å². The Hall–Kier alpha value is -1.19. The largest absolute Gasteiger partial charge is 0.314 e. The lowest BCUT2D eigenvalue weighted by atomic mass is 9.94. The van der Waals surface area contributed by atoms with Crippen molar-refractivity contribution in [2.24, 2.45) is 5.92 Å². The quantitative estimate of drug-likeness (QED) is 0.841. The number of hydrogen-bond acceptors (Lipinski definition) is 3. The molecule has 1 heterocycles. The van der Waals surface area contributed by atoms with Crippen LogP contribution in [-0.2, 0) is 0 Å². The van der Waals surface area contributed by atoms with E-state index in [-0.39, 0.29) is 11.7 Å². The van der Waals surface area contributed by atoms with Crippen LogP contribution in [0.1, 0.15) is 28.4 Å². The Balaban J connectivity index is 2.01. The van der Waals surface area contributed by atoms with Gasteiger partial charge in [0.25, 0.3) is 0 Å². The molecule has 1 unspecified atom stereocenters. The van der Waals surface area contributed by atoms with E-state index in [9.17, 15) is 4.79 Å². The summed E-state index contributed by atoms with van der Waals surface area (Å²) in [7, 11) is 0. The molecular weight excluding hydrogens is 236 g/mol. The molecule has 3 nitrogen and oxygen atoms in total. The van der Waals surface area contributed by atoms with Crippen molar-refractivity contribution in [2.45, 2.75) is 20.8 Å². The van der Waals surface area contributed by atoms with Crippen LogP contribution in [-0.4, -0.2) is 43.4 Å². The van der Waals surface area contributed by atoms with Gasteiger partial charge >= 0.3 is 0 Å². The fourth-order valence-electron chi connectivity index (χ4n) is 2.72. The summed E-state index contributed by atoms with van der Waals surface area (Å²) < 4.78 is 0. The van der Waals surface area contributed by atoms with E-state index >= 15 is 0 Å². The van der Waals surface area contributed by atoms with Crippen LogP contribution in [0.4, 0.5) is 0 Å². The molecule has 1 atom stereocenters. The molecule has 1 aromatic carbocycles. The van der Waals surface area contributed by atoms with E-state index in [1.165, 1.54) is 5.56 Å². The van der Waals surface area contributed by atoms with Crippen LogP contribution in [0.5, 0.6) is 0 Å². The summed E-state index contributed by atoms with van der Waals surface area (Å²) in [6, 6.07) is 6.09. The highest BCUT2D eigenvalue weighted by Gasteiger charge is 2.20. The van der Waals surface area contributed by atoms with Crippen molar-refractivity contribution >= 4 is 5.78 Å². The topological polar surface area (TPSA) is 32.3 Å². The summed E-state index contributed by atoms with van der Waals surface area (Å²) in [6.45, 7) is 11.2. The maximum Gasteiger partial charge on any atom is 0.167 e. The first-order valence-corrected chi connectivity index (χ1v) is 7.12.